The largest absolute Gasteiger partial charge is 0.496 e. The molecule has 0 atom stereocenters. The Bertz CT molecular complexity index is 558. The third kappa shape index (κ3) is 3.98. The maximum Gasteiger partial charge on any atom is 0.126 e. The van der Waals surface area contributed by atoms with Gasteiger partial charge in [0.25, 0.3) is 0 Å². The van der Waals surface area contributed by atoms with E-state index in [2.05, 4.69) is 15.9 Å². The average molecular weight is 322 g/mol. The quantitative estimate of drug-likeness (QED) is 0.853. The van der Waals surface area contributed by atoms with Crippen molar-refractivity contribution < 1.29 is 9.47 Å². The molecule has 0 aromatic heterocycles. The number of nitrogen functional groups attached to an aromatic ring is 1. The summed E-state index contributed by atoms with van der Waals surface area (Å²) in [5.41, 5.74) is 8.52. The van der Waals surface area contributed by atoms with E-state index in [0.29, 0.717) is 18.9 Å². The van der Waals surface area contributed by atoms with Gasteiger partial charge in [-0.05, 0) is 23.8 Å². The second kappa shape index (κ2) is 6.59. The number of methoxy groups -OCH3 is 1. The zero-order valence-electron chi connectivity index (χ0n) is 10.7. The third-order valence-corrected chi connectivity index (χ3v) is 3.22. The summed E-state index contributed by atoms with van der Waals surface area (Å²) in [7, 11) is 1.63. The molecule has 0 saturated heterocycles. The summed E-state index contributed by atoms with van der Waals surface area (Å²) in [4.78, 5) is 0. The predicted molar refractivity (Wildman–Crippen MR) is 80.0 cm³/mol. The molecule has 2 N–H and O–H groups in total. The maximum atomic E-state index is 5.71. The summed E-state index contributed by atoms with van der Waals surface area (Å²) in [6.45, 7) is 1.06. The summed E-state index contributed by atoms with van der Waals surface area (Å²) in [5.74, 6) is 0.759. The molecule has 0 radical (unpaired) electrons. The van der Waals surface area contributed by atoms with Crippen molar-refractivity contribution in [2.24, 2.45) is 0 Å². The van der Waals surface area contributed by atoms with Gasteiger partial charge in [-0.2, -0.15) is 0 Å². The molecule has 3 nitrogen and oxygen atoms in total. The molecule has 0 saturated carbocycles. The van der Waals surface area contributed by atoms with Gasteiger partial charge in [0.05, 0.1) is 20.3 Å². The minimum absolute atomic E-state index is 0.496. The number of benzene rings is 2. The van der Waals surface area contributed by atoms with E-state index in [1.165, 1.54) is 0 Å². The summed E-state index contributed by atoms with van der Waals surface area (Å²) in [5, 5.41) is 0. The lowest BCUT2D eigenvalue weighted by Gasteiger charge is -2.10. The average Bonchev–Trinajstić information content (AvgIpc) is 2.40. The van der Waals surface area contributed by atoms with Crippen LogP contribution < -0.4 is 10.5 Å². The summed E-state index contributed by atoms with van der Waals surface area (Å²) < 4.78 is 12.0. The first-order valence-electron chi connectivity index (χ1n) is 5.93. The summed E-state index contributed by atoms with van der Waals surface area (Å²) in [6, 6.07) is 13.6. The van der Waals surface area contributed by atoms with Gasteiger partial charge in [-0.25, -0.2) is 0 Å². The Labute approximate surface area is 121 Å². The number of hydrogen-bond donors (Lipinski definition) is 1. The van der Waals surface area contributed by atoms with Gasteiger partial charge in [0, 0.05) is 21.8 Å². The zero-order valence-corrected chi connectivity index (χ0v) is 12.3. The van der Waals surface area contributed by atoms with Crippen LogP contribution in [0.4, 0.5) is 5.69 Å². The lowest BCUT2D eigenvalue weighted by atomic mass is 10.2. The first kappa shape index (κ1) is 13.9. The Morgan fingerprint density at radius 1 is 1.11 bits per heavy atom. The van der Waals surface area contributed by atoms with E-state index < -0.39 is 0 Å². The zero-order chi connectivity index (χ0) is 13.7. The molecule has 0 bridgehead atoms. The monoisotopic (exact) mass is 321 g/mol. The normalized spacial score (nSPS) is 10.4. The second-order valence-electron chi connectivity index (χ2n) is 4.19. The molecule has 0 aliphatic carbocycles. The highest BCUT2D eigenvalue weighted by Gasteiger charge is 2.04. The standard InChI is InChI=1S/C15H16BrNO2/c1-18-15-8-14(17)6-5-12(15)10-19-9-11-3-2-4-13(16)7-11/h2-8H,9-10,17H2,1H3. The highest BCUT2D eigenvalue weighted by molar-refractivity contribution is 9.10. The fourth-order valence-corrected chi connectivity index (χ4v) is 2.23. The number of hydrogen-bond acceptors (Lipinski definition) is 3. The van der Waals surface area contributed by atoms with Crippen LogP contribution in [0.15, 0.2) is 46.9 Å². The molecule has 100 valence electrons. The number of nitrogens with two attached hydrogens (primary N) is 1. The van der Waals surface area contributed by atoms with Crippen molar-refractivity contribution in [3.8, 4) is 5.75 Å². The van der Waals surface area contributed by atoms with E-state index in [1.54, 1.807) is 13.2 Å². The summed E-state index contributed by atoms with van der Waals surface area (Å²) in [6.07, 6.45) is 0. The van der Waals surface area contributed by atoms with Crippen LogP contribution in [0.3, 0.4) is 0 Å². The highest BCUT2D eigenvalue weighted by Crippen LogP contribution is 2.22. The number of ether oxygens (including phenoxy) is 2. The molecule has 0 amide bonds. The molecule has 0 unspecified atom stereocenters. The molecule has 0 fully saturated rings. The van der Waals surface area contributed by atoms with Crippen molar-refractivity contribution in [3.05, 3.63) is 58.1 Å². The van der Waals surface area contributed by atoms with Crippen LogP contribution in [0, 0.1) is 0 Å². The lowest BCUT2D eigenvalue weighted by molar-refractivity contribution is 0.105. The van der Waals surface area contributed by atoms with Crippen molar-refractivity contribution in [2.45, 2.75) is 13.2 Å². The van der Waals surface area contributed by atoms with Crippen LogP contribution in [-0.2, 0) is 18.0 Å². The van der Waals surface area contributed by atoms with Gasteiger partial charge in [-0.15, -0.1) is 0 Å². The minimum Gasteiger partial charge on any atom is -0.496 e. The lowest BCUT2D eigenvalue weighted by Crippen LogP contribution is -1.98. The number of anilines is 1. The van der Waals surface area contributed by atoms with Crippen molar-refractivity contribution in [3.63, 3.8) is 0 Å². The molecule has 2 rings (SSSR count). The fourth-order valence-electron chi connectivity index (χ4n) is 1.79. The molecule has 0 aliphatic rings. The van der Waals surface area contributed by atoms with Crippen LogP contribution >= 0.6 is 15.9 Å². The summed E-state index contributed by atoms with van der Waals surface area (Å²) >= 11 is 3.44. The van der Waals surface area contributed by atoms with Crippen molar-refractivity contribution in [1.82, 2.24) is 0 Å². The Balaban J connectivity index is 1.96. The van der Waals surface area contributed by atoms with Crippen LogP contribution in [0.1, 0.15) is 11.1 Å². The molecule has 0 spiro atoms. The van der Waals surface area contributed by atoms with Gasteiger partial charge < -0.3 is 15.2 Å². The third-order valence-electron chi connectivity index (χ3n) is 2.73. The highest BCUT2D eigenvalue weighted by atomic mass is 79.9. The number of rotatable bonds is 5. The Morgan fingerprint density at radius 3 is 2.68 bits per heavy atom. The smallest absolute Gasteiger partial charge is 0.126 e. The van der Waals surface area contributed by atoms with Crippen molar-refractivity contribution >= 4 is 21.6 Å². The Hall–Kier alpha value is -1.52. The SMILES string of the molecule is COc1cc(N)ccc1COCc1cccc(Br)c1. The fraction of sp³-hybridized carbons (Fsp3) is 0.200. The van der Waals surface area contributed by atoms with Gasteiger partial charge in [0.15, 0.2) is 0 Å². The van der Waals surface area contributed by atoms with E-state index in [9.17, 15) is 0 Å². The molecular formula is C15H16BrNO2. The second-order valence-corrected chi connectivity index (χ2v) is 5.11. The predicted octanol–water partition coefficient (Wildman–Crippen LogP) is 3.76. The molecule has 0 aliphatic heterocycles. The number of halogens is 1. The molecule has 19 heavy (non-hydrogen) atoms. The van der Waals surface area contributed by atoms with E-state index in [0.717, 1.165) is 21.3 Å². The van der Waals surface area contributed by atoms with Gasteiger partial charge in [0.2, 0.25) is 0 Å². The van der Waals surface area contributed by atoms with Crippen LogP contribution in [0.25, 0.3) is 0 Å². The topological polar surface area (TPSA) is 44.5 Å². The van der Waals surface area contributed by atoms with E-state index >= 15 is 0 Å². The van der Waals surface area contributed by atoms with Gasteiger partial charge in [-0.3, -0.25) is 0 Å². The van der Waals surface area contributed by atoms with E-state index in [-0.39, 0.29) is 0 Å². The molecule has 4 heteroatoms. The van der Waals surface area contributed by atoms with E-state index in [4.69, 9.17) is 15.2 Å². The van der Waals surface area contributed by atoms with Crippen LogP contribution in [0.5, 0.6) is 5.75 Å². The van der Waals surface area contributed by atoms with Gasteiger partial charge in [0.1, 0.15) is 5.75 Å². The first-order chi connectivity index (χ1) is 9.19. The Morgan fingerprint density at radius 2 is 1.95 bits per heavy atom. The molecule has 0 heterocycles. The van der Waals surface area contributed by atoms with E-state index in [1.807, 2.05) is 36.4 Å². The Kier molecular flexibility index (Phi) is 4.82. The molecule has 2 aromatic rings. The van der Waals surface area contributed by atoms with Crippen LogP contribution in [-0.4, -0.2) is 7.11 Å². The molecule has 2 aromatic carbocycles. The van der Waals surface area contributed by atoms with Crippen molar-refractivity contribution in [2.75, 3.05) is 12.8 Å². The van der Waals surface area contributed by atoms with Crippen LogP contribution in [0.2, 0.25) is 0 Å². The van der Waals surface area contributed by atoms with Gasteiger partial charge in [-0.1, -0.05) is 34.1 Å². The minimum atomic E-state index is 0.496. The first-order valence-corrected chi connectivity index (χ1v) is 6.73. The molecular weight excluding hydrogens is 306 g/mol. The van der Waals surface area contributed by atoms with Crippen molar-refractivity contribution in [1.29, 1.82) is 0 Å². The van der Waals surface area contributed by atoms with Gasteiger partial charge >= 0.3 is 0 Å². The maximum absolute atomic E-state index is 5.71.